The van der Waals surface area contributed by atoms with Crippen LogP contribution in [0.3, 0.4) is 0 Å². The summed E-state index contributed by atoms with van der Waals surface area (Å²) in [6.07, 6.45) is 1.17. The number of hydrogen-bond acceptors (Lipinski definition) is 8. The van der Waals surface area contributed by atoms with Gasteiger partial charge in [0.05, 0.1) is 6.20 Å². The Hall–Kier alpha value is -2.40. The van der Waals surface area contributed by atoms with Crippen molar-refractivity contribution in [1.82, 2.24) is 25.2 Å². The quantitative estimate of drug-likeness (QED) is 0.737. The van der Waals surface area contributed by atoms with Gasteiger partial charge in [-0.15, -0.1) is 15.3 Å². The number of methoxy groups -OCH3 is 1. The van der Waals surface area contributed by atoms with E-state index in [1.54, 1.807) is 0 Å². The molecule has 0 aliphatic rings. The molecule has 0 bridgehead atoms. The summed E-state index contributed by atoms with van der Waals surface area (Å²) in [6, 6.07) is 0. The molecule has 2 aromatic heterocycles. The molecule has 106 valence electrons. The molecule has 10 nitrogen and oxygen atoms in total. The number of nitrogens with zero attached hydrogens (tertiary/aromatic N) is 5. The fraction of sp³-hybridized carbons (Fsp3) is 0.333. The van der Waals surface area contributed by atoms with Gasteiger partial charge >= 0.3 is 5.97 Å². The van der Waals surface area contributed by atoms with Crippen molar-refractivity contribution in [2.75, 3.05) is 12.4 Å². The first kappa shape index (κ1) is 14.0. The van der Waals surface area contributed by atoms with Gasteiger partial charge in [0.1, 0.15) is 18.2 Å². The number of carboxylic acid groups (broad SMARTS) is 1. The highest BCUT2D eigenvalue weighted by Gasteiger charge is 2.12. The van der Waals surface area contributed by atoms with E-state index in [0.717, 1.165) is 4.68 Å². The first-order chi connectivity index (χ1) is 9.58. The molecular weight excluding hydrogens is 288 g/mol. The van der Waals surface area contributed by atoms with Crippen LogP contribution in [-0.2, 0) is 22.7 Å². The maximum Gasteiger partial charge on any atom is 0.358 e. The minimum Gasteiger partial charge on any atom is -0.476 e. The predicted molar refractivity (Wildman–Crippen MR) is 66.2 cm³/mol. The van der Waals surface area contributed by atoms with E-state index in [9.17, 15) is 9.59 Å². The molecule has 0 radical (unpaired) electrons. The van der Waals surface area contributed by atoms with Gasteiger partial charge < -0.3 is 9.84 Å². The summed E-state index contributed by atoms with van der Waals surface area (Å²) in [5.74, 6) is -1.61. The van der Waals surface area contributed by atoms with Crippen LogP contribution in [0.15, 0.2) is 6.20 Å². The second-order valence-corrected chi connectivity index (χ2v) is 4.65. The summed E-state index contributed by atoms with van der Waals surface area (Å²) in [5, 5.41) is 26.7. The van der Waals surface area contributed by atoms with Crippen molar-refractivity contribution in [2.45, 2.75) is 13.2 Å². The first-order valence-electron chi connectivity index (χ1n) is 5.33. The lowest BCUT2D eigenvalue weighted by Gasteiger charge is -1.99. The number of ether oxygens (including phenoxy) is 1. The Labute approximate surface area is 116 Å². The largest absolute Gasteiger partial charge is 0.476 e. The van der Waals surface area contributed by atoms with Crippen molar-refractivity contribution in [1.29, 1.82) is 0 Å². The molecule has 0 aromatic carbocycles. The molecule has 0 spiro atoms. The minimum absolute atomic E-state index is 0.167. The third-order valence-electron chi connectivity index (χ3n) is 2.04. The Balaban J connectivity index is 1.92. The number of anilines is 1. The number of carbonyl (C=O) groups is 2. The monoisotopic (exact) mass is 298 g/mol. The van der Waals surface area contributed by atoms with Crippen LogP contribution in [0, 0.1) is 0 Å². The van der Waals surface area contributed by atoms with E-state index < -0.39 is 11.9 Å². The highest BCUT2D eigenvalue weighted by atomic mass is 32.1. The number of amides is 1. The topological polar surface area (TPSA) is 132 Å². The lowest BCUT2D eigenvalue weighted by molar-refractivity contribution is -0.116. The van der Waals surface area contributed by atoms with Crippen LogP contribution in [0.1, 0.15) is 15.5 Å². The number of aromatic carboxylic acids is 1. The zero-order valence-corrected chi connectivity index (χ0v) is 11.1. The number of hydrogen-bond donors (Lipinski definition) is 2. The molecular formula is C9H10N6O4S. The standard InChI is InChI=1S/C9H10N6O4S/c1-19-4-7-12-13-9(20-7)10-6(16)3-15-2-5(8(17)18)11-14-15/h2H,3-4H2,1H3,(H,17,18)(H,10,13,16). The summed E-state index contributed by atoms with van der Waals surface area (Å²) in [5.41, 5.74) is -0.226. The molecule has 2 N–H and O–H groups in total. The molecule has 1 amide bonds. The molecule has 0 saturated carbocycles. The van der Waals surface area contributed by atoms with Crippen molar-refractivity contribution >= 4 is 28.3 Å². The first-order valence-corrected chi connectivity index (χ1v) is 6.14. The third-order valence-corrected chi connectivity index (χ3v) is 2.86. The molecule has 20 heavy (non-hydrogen) atoms. The smallest absolute Gasteiger partial charge is 0.358 e. The fourth-order valence-electron chi connectivity index (χ4n) is 1.27. The molecule has 0 saturated heterocycles. The van der Waals surface area contributed by atoms with Crippen LogP contribution in [-0.4, -0.2) is 49.3 Å². The molecule has 0 unspecified atom stereocenters. The third kappa shape index (κ3) is 3.55. The lowest BCUT2D eigenvalue weighted by Crippen LogP contribution is -2.19. The maximum absolute atomic E-state index is 11.7. The van der Waals surface area contributed by atoms with Crippen LogP contribution >= 0.6 is 11.3 Å². The fourth-order valence-corrected chi connectivity index (χ4v) is 1.99. The molecule has 0 aliphatic carbocycles. The van der Waals surface area contributed by atoms with Crippen LogP contribution < -0.4 is 5.32 Å². The summed E-state index contributed by atoms with van der Waals surface area (Å²) < 4.78 is 6.01. The second-order valence-electron chi connectivity index (χ2n) is 3.59. The number of carboxylic acids is 1. The molecule has 2 aromatic rings. The zero-order valence-electron chi connectivity index (χ0n) is 10.3. The van der Waals surface area contributed by atoms with Gasteiger partial charge in [-0.05, 0) is 0 Å². The van der Waals surface area contributed by atoms with Crippen molar-refractivity contribution < 1.29 is 19.4 Å². The molecule has 2 heterocycles. The van der Waals surface area contributed by atoms with Crippen molar-refractivity contribution in [3.63, 3.8) is 0 Å². The maximum atomic E-state index is 11.7. The van der Waals surface area contributed by atoms with E-state index in [-0.39, 0.29) is 12.2 Å². The highest BCUT2D eigenvalue weighted by Crippen LogP contribution is 2.15. The van der Waals surface area contributed by atoms with Gasteiger partial charge in [0.15, 0.2) is 5.69 Å². The zero-order chi connectivity index (χ0) is 14.5. The van der Waals surface area contributed by atoms with Gasteiger partial charge in [0.2, 0.25) is 11.0 Å². The van der Waals surface area contributed by atoms with Crippen molar-refractivity contribution in [2.24, 2.45) is 0 Å². The van der Waals surface area contributed by atoms with Gasteiger partial charge in [-0.25, -0.2) is 9.48 Å². The summed E-state index contributed by atoms with van der Waals surface area (Å²) >= 11 is 1.19. The average molecular weight is 298 g/mol. The van der Waals surface area contributed by atoms with Crippen molar-refractivity contribution in [3.05, 3.63) is 16.9 Å². The summed E-state index contributed by atoms with van der Waals surface area (Å²) in [4.78, 5) is 22.3. The summed E-state index contributed by atoms with van der Waals surface area (Å²) in [7, 11) is 1.53. The summed E-state index contributed by atoms with van der Waals surface area (Å²) in [6.45, 7) is 0.151. The molecule has 0 atom stereocenters. The van der Waals surface area contributed by atoms with Gasteiger partial charge in [-0.1, -0.05) is 16.6 Å². The second kappa shape index (κ2) is 6.16. The van der Waals surface area contributed by atoms with E-state index in [1.165, 1.54) is 24.6 Å². The number of nitrogens with one attached hydrogen (secondary N) is 1. The Bertz CT molecular complexity index is 623. The van der Waals surface area contributed by atoms with E-state index in [0.29, 0.717) is 16.7 Å². The SMILES string of the molecule is COCc1nnc(NC(=O)Cn2cc(C(=O)O)nn2)s1. The number of aromatic nitrogens is 5. The molecule has 0 fully saturated rings. The van der Waals surface area contributed by atoms with Crippen LogP contribution in [0.2, 0.25) is 0 Å². The predicted octanol–water partition coefficient (Wildman–Crippen LogP) is -0.387. The van der Waals surface area contributed by atoms with Crippen molar-refractivity contribution in [3.8, 4) is 0 Å². The Morgan fingerprint density at radius 3 is 2.90 bits per heavy atom. The van der Waals surface area contributed by atoms with Gasteiger partial charge in [0, 0.05) is 7.11 Å². The Kier molecular flexibility index (Phi) is 4.32. The van der Waals surface area contributed by atoms with Gasteiger partial charge in [0.25, 0.3) is 0 Å². The Morgan fingerprint density at radius 2 is 2.25 bits per heavy atom. The normalized spacial score (nSPS) is 10.4. The van der Waals surface area contributed by atoms with Gasteiger partial charge in [-0.2, -0.15) is 0 Å². The average Bonchev–Trinajstić information content (AvgIpc) is 2.99. The number of carbonyl (C=O) groups excluding carboxylic acids is 1. The van der Waals surface area contributed by atoms with Crippen LogP contribution in [0.25, 0.3) is 0 Å². The van der Waals surface area contributed by atoms with Gasteiger partial charge in [-0.3, -0.25) is 10.1 Å². The molecule has 11 heteroatoms. The molecule has 0 aliphatic heterocycles. The van der Waals surface area contributed by atoms with Crippen LogP contribution in [0.4, 0.5) is 5.13 Å². The Morgan fingerprint density at radius 1 is 1.45 bits per heavy atom. The molecule has 2 rings (SSSR count). The van der Waals surface area contributed by atoms with E-state index in [1.807, 2.05) is 0 Å². The van der Waals surface area contributed by atoms with E-state index in [2.05, 4.69) is 25.8 Å². The van der Waals surface area contributed by atoms with E-state index >= 15 is 0 Å². The van der Waals surface area contributed by atoms with Crippen LogP contribution in [0.5, 0.6) is 0 Å². The number of rotatable bonds is 6. The highest BCUT2D eigenvalue weighted by molar-refractivity contribution is 7.15. The van der Waals surface area contributed by atoms with E-state index in [4.69, 9.17) is 9.84 Å². The minimum atomic E-state index is -1.20. The lowest BCUT2D eigenvalue weighted by atomic mass is 10.5.